The van der Waals surface area contributed by atoms with Gasteiger partial charge >= 0.3 is 0 Å². The van der Waals surface area contributed by atoms with Gasteiger partial charge in [0.05, 0.1) is 10.0 Å². The molecule has 2 aromatic rings. The van der Waals surface area contributed by atoms with E-state index in [9.17, 15) is 13.6 Å². The van der Waals surface area contributed by atoms with E-state index in [0.717, 1.165) is 6.07 Å². The van der Waals surface area contributed by atoms with Crippen LogP contribution >= 0.6 is 23.2 Å². The molecule has 2 aromatic carbocycles. The van der Waals surface area contributed by atoms with Crippen LogP contribution in [0.4, 0.5) is 8.78 Å². The van der Waals surface area contributed by atoms with Crippen molar-refractivity contribution in [2.24, 2.45) is 0 Å². The maximum Gasteiger partial charge on any atom is 0.167 e. The lowest BCUT2D eigenvalue weighted by Crippen LogP contribution is -2.06. The maximum atomic E-state index is 13.4. The fraction of sp³-hybridized carbons (Fsp3) is 0.0714. The lowest BCUT2D eigenvalue weighted by atomic mass is 10.0. The fourth-order valence-corrected chi connectivity index (χ4v) is 1.93. The molecule has 0 unspecified atom stereocenters. The molecule has 0 aliphatic heterocycles. The smallest absolute Gasteiger partial charge is 0.167 e. The van der Waals surface area contributed by atoms with Crippen molar-refractivity contribution in [2.45, 2.75) is 6.42 Å². The highest BCUT2D eigenvalue weighted by Crippen LogP contribution is 2.23. The number of ketones is 1. The first-order chi connectivity index (χ1) is 8.99. The molecule has 0 spiro atoms. The second-order valence-electron chi connectivity index (χ2n) is 3.94. The Morgan fingerprint density at radius 2 is 1.79 bits per heavy atom. The van der Waals surface area contributed by atoms with E-state index in [-0.39, 0.29) is 22.8 Å². The van der Waals surface area contributed by atoms with Crippen LogP contribution in [0.15, 0.2) is 36.4 Å². The Morgan fingerprint density at radius 1 is 1.05 bits per heavy atom. The summed E-state index contributed by atoms with van der Waals surface area (Å²) in [4.78, 5) is 12.0. The van der Waals surface area contributed by atoms with Crippen molar-refractivity contribution in [2.75, 3.05) is 0 Å². The second kappa shape index (κ2) is 5.68. The molecule has 0 bridgehead atoms. The quantitative estimate of drug-likeness (QED) is 0.751. The maximum absolute atomic E-state index is 13.4. The van der Waals surface area contributed by atoms with E-state index < -0.39 is 11.6 Å². The van der Waals surface area contributed by atoms with Gasteiger partial charge in [-0.05, 0) is 29.8 Å². The average Bonchev–Trinajstić information content (AvgIpc) is 2.38. The zero-order valence-corrected chi connectivity index (χ0v) is 11.1. The molecule has 98 valence electrons. The Kier molecular flexibility index (Phi) is 4.17. The molecule has 0 aliphatic carbocycles. The number of hydrogen-bond donors (Lipinski definition) is 0. The Morgan fingerprint density at radius 3 is 2.47 bits per heavy atom. The van der Waals surface area contributed by atoms with Crippen LogP contribution in [0.3, 0.4) is 0 Å². The third-order valence-corrected chi connectivity index (χ3v) is 3.36. The van der Waals surface area contributed by atoms with Gasteiger partial charge in [-0.15, -0.1) is 0 Å². The Balaban J connectivity index is 2.26. The predicted molar refractivity (Wildman–Crippen MR) is 70.9 cm³/mol. The number of Topliss-reactive ketones (excluding diaryl/α,β-unsaturated/α-hetero) is 1. The van der Waals surface area contributed by atoms with Gasteiger partial charge < -0.3 is 0 Å². The molecule has 0 saturated heterocycles. The second-order valence-corrected chi connectivity index (χ2v) is 4.76. The van der Waals surface area contributed by atoms with Crippen molar-refractivity contribution in [3.8, 4) is 0 Å². The van der Waals surface area contributed by atoms with Gasteiger partial charge in [-0.3, -0.25) is 4.79 Å². The van der Waals surface area contributed by atoms with Crippen LogP contribution < -0.4 is 0 Å². The van der Waals surface area contributed by atoms with Crippen molar-refractivity contribution in [3.63, 3.8) is 0 Å². The summed E-state index contributed by atoms with van der Waals surface area (Å²) in [5, 5.41) is 0.572. The summed E-state index contributed by atoms with van der Waals surface area (Å²) < 4.78 is 26.5. The fourth-order valence-electron chi connectivity index (χ4n) is 1.63. The summed E-state index contributed by atoms with van der Waals surface area (Å²) >= 11 is 11.5. The normalized spacial score (nSPS) is 10.5. The predicted octanol–water partition coefficient (Wildman–Crippen LogP) is 4.70. The molecule has 0 aliphatic rings. The van der Waals surface area contributed by atoms with E-state index >= 15 is 0 Å². The van der Waals surface area contributed by atoms with E-state index in [1.807, 2.05) is 0 Å². The molecular formula is C14H8Cl2F2O. The summed E-state index contributed by atoms with van der Waals surface area (Å²) in [5.74, 6) is -2.33. The number of carbonyl (C=O) groups is 1. The van der Waals surface area contributed by atoms with Gasteiger partial charge in [0.15, 0.2) is 17.4 Å². The molecule has 1 nitrogen and oxygen atoms in total. The van der Waals surface area contributed by atoms with Crippen LogP contribution in [0, 0.1) is 11.6 Å². The topological polar surface area (TPSA) is 17.1 Å². The van der Waals surface area contributed by atoms with Crippen LogP contribution in [-0.4, -0.2) is 5.78 Å². The van der Waals surface area contributed by atoms with Crippen molar-refractivity contribution in [1.29, 1.82) is 0 Å². The number of rotatable bonds is 3. The van der Waals surface area contributed by atoms with Crippen molar-refractivity contribution in [1.82, 2.24) is 0 Å². The molecule has 5 heteroatoms. The van der Waals surface area contributed by atoms with E-state index in [1.54, 1.807) is 0 Å². The van der Waals surface area contributed by atoms with Gasteiger partial charge in [-0.2, -0.15) is 0 Å². The van der Waals surface area contributed by atoms with Gasteiger partial charge in [0, 0.05) is 12.0 Å². The highest BCUT2D eigenvalue weighted by Gasteiger charge is 2.14. The molecule has 0 atom stereocenters. The van der Waals surface area contributed by atoms with E-state index in [4.69, 9.17) is 23.2 Å². The average molecular weight is 301 g/mol. The molecule has 0 aromatic heterocycles. The van der Waals surface area contributed by atoms with Gasteiger partial charge in [0.1, 0.15) is 0 Å². The minimum atomic E-state index is -1.00. The molecule has 0 amide bonds. The van der Waals surface area contributed by atoms with E-state index in [1.165, 1.54) is 30.3 Å². The molecule has 19 heavy (non-hydrogen) atoms. The summed E-state index contributed by atoms with van der Waals surface area (Å²) in [5.41, 5.74) is 0.314. The van der Waals surface area contributed by atoms with Crippen LogP contribution in [0.1, 0.15) is 15.9 Å². The molecule has 0 radical (unpaired) electrons. The van der Waals surface area contributed by atoms with E-state index in [2.05, 4.69) is 0 Å². The van der Waals surface area contributed by atoms with Crippen LogP contribution in [-0.2, 0) is 6.42 Å². The molecule has 0 N–H and O–H groups in total. The van der Waals surface area contributed by atoms with E-state index in [0.29, 0.717) is 10.6 Å². The molecule has 0 heterocycles. The number of benzene rings is 2. The van der Waals surface area contributed by atoms with Gasteiger partial charge in [-0.25, -0.2) is 8.78 Å². The zero-order valence-electron chi connectivity index (χ0n) is 9.59. The third-order valence-electron chi connectivity index (χ3n) is 2.62. The Labute approximate surface area is 118 Å². The Bertz CT molecular complexity index is 641. The lowest BCUT2D eigenvalue weighted by molar-refractivity contribution is 0.0991. The van der Waals surface area contributed by atoms with Crippen molar-refractivity contribution < 1.29 is 13.6 Å². The zero-order chi connectivity index (χ0) is 14.0. The SMILES string of the molecule is O=C(Cc1cccc(F)c1F)c1ccc(Cl)c(Cl)c1. The lowest BCUT2D eigenvalue weighted by Gasteiger charge is -2.05. The van der Waals surface area contributed by atoms with Crippen molar-refractivity contribution >= 4 is 29.0 Å². The summed E-state index contributed by atoms with van der Waals surface area (Å²) in [7, 11) is 0. The molecule has 2 rings (SSSR count). The first-order valence-corrected chi connectivity index (χ1v) is 6.16. The summed E-state index contributed by atoms with van der Waals surface area (Å²) in [6, 6.07) is 8.11. The highest BCUT2D eigenvalue weighted by atomic mass is 35.5. The van der Waals surface area contributed by atoms with Gasteiger partial charge in [-0.1, -0.05) is 35.3 Å². The van der Waals surface area contributed by atoms with Crippen LogP contribution in [0.5, 0.6) is 0 Å². The van der Waals surface area contributed by atoms with Crippen LogP contribution in [0.2, 0.25) is 10.0 Å². The first-order valence-electron chi connectivity index (χ1n) is 5.40. The largest absolute Gasteiger partial charge is 0.294 e. The minimum absolute atomic E-state index is 0.0103. The Hall–Kier alpha value is -1.45. The minimum Gasteiger partial charge on any atom is -0.294 e. The standard InChI is InChI=1S/C14H8Cl2F2O/c15-10-5-4-8(6-11(10)16)13(19)7-9-2-1-3-12(17)14(9)18/h1-6H,7H2. The van der Waals surface area contributed by atoms with Gasteiger partial charge in [0.25, 0.3) is 0 Å². The first kappa shape index (κ1) is 14.0. The highest BCUT2D eigenvalue weighted by molar-refractivity contribution is 6.42. The molecule has 0 fully saturated rings. The number of halogens is 4. The summed E-state index contributed by atoms with van der Waals surface area (Å²) in [6.07, 6.45) is -0.235. The van der Waals surface area contributed by atoms with Crippen molar-refractivity contribution in [3.05, 3.63) is 69.2 Å². The third kappa shape index (κ3) is 3.11. The summed E-state index contributed by atoms with van der Waals surface area (Å²) in [6.45, 7) is 0. The molecule has 0 saturated carbocycles. The van der Waals surface area contributed by atoms with Crippen LogP contribution in [0.25, 0.3) is 0 Å². The number of hydrogen-bond acceptors (Lipinski definition) is 1. The number of carbonyl (C=O) groups excluding carboxylic acids is 1. The molecular weight excluding hydrogens is 293 g/mol. The van der Waals surface area contributed by atoms with Gasteiger partial charge in [0.2, 0.25) is 0 Å². The monoisotopic (exact) mass is 300 g/mol.